The third kappa shape index (κ3) is 3.77. The van der Waals surface area contributed by atoms with Crippen molar-refractivity contribution < 1.29 is 0 Å². The van der Waals surface area contributed by atoms with Crippen LogP contribution in [0.15, 0.2) is 36.4 Å². The van der Waals surface area contributed by atoms with Crippen molar-refractivity contribution in [2.45, 2.75) is 65.7 Å². The highest BCUT2D eigenvalue weighted by molar-refractivity contribution is 5.80. The Morgan fingerprint density at radius 1 is 0.826 bits per heavy atom. The summed E-state index contributed by atoms with van der Waals surface area (Å²) in [5.41, 5.74) is 13.9. The molecule has 0 bridgehead atoms. The minimum absolute atomic E-state index is 0.174. The van der Waals surface area contributed by atoms with Crippen molar-refractivity contribution >= 4 is 5.69 Å². The van der Waals surface area contributed by atoms with Gasteiger partial charge in [-0.1, -0.05) is 78.8 Å². The van der Waals surface area contributed by atoms with Crippen LogP contribution in [0, 0.1) is 0 Å². The van der Waals surface area contributed by atoms with Crippen LogP contribution >= 0.6 is 0 Å². The van der Waals surface area contributed by atoms with Crippen molar-refractivity contribution in [1.82, 2.24) is 0 Å². The molecule has 0 spiro atoms. The Kier molecular flexibility index (Phi) is 4.89. The third-order valence-electron chi connectivity index (χ3n) is 4.58. The van der Waals surface area contributed by atoms with Gasteiger partial charge in [0, 0.05) is 11.3 Å². The lowest BCUT2D eigenvalue weighted by atomic mass is 9.85. The largest absolute Gasteiger partial charge is 0.398 e. The maximum atomic E-state index is 6.51. The zero-order chi connectivity index (χ0) is 17.4. The van der Waals surface area contributed by atoms with E-state index in [9.17, 15) is 0 Å². The first kappa shape index (κ1) is 17.6. The molecule has 0 heterocycles. The van der Waals surface area contributed by atoms with Crippen molar-refractivity contribution in [2.24, 2.45) is 0 Å². The molecule has 2 rings (SSSR count). The molecule has 0 aliphatic heterocycles. The van der Waals surface area contributed by atoms with E-state index >= 15 is 0 Å². The first-order valence-corrected chi connectivity index (χ1v) is 8.65. The number of hydrogen-bond donors (Lipinski definition) is 1. The second-order valence-corrected chi connectivity index (χ2v) is 8.21. The molecule has 2 aromatic carbocycles. The van der Waals surface area contributed by atoms with Gasteiger partial charge < -0.3 is 5.73 Å². The summed E-state index contributed by atoms with van der Waals surface area (Å²) in [7, 11) is 0. The van der Waals surface area contributed by atoms with Crippen molar-refractivity contribution in [1.29, 1.82) is 0 Å². The molecule has 0 unspecified atom stereocenters. The van der Waals surface area contributed by atoms with Gasteiger partial charge >= 0.3 is 0 Å². The molecule has 0 saturated heterocycles. The molecular formula is C22H31N. The summed E-state index contributed by atoms with van der Waals surface area (Å²) in [5.74, 6) is 0.932. The van der Waals surface area contributed by atoms with Gasteiger partial charge in [0.05, 0.1) is 0 Å². The lowest BCUT2D eigenvalue weighted by Gasteiger charge is -2.21. The second-order valence-electron chi connectivity index (χ2n) is 8.21. The smallest absolute Gasteiger partial charge is 0.0429 e. The summed E-state index contributed by atoms with van der Waals surface area (Å²) in [6.07, 6.45) is 0. The van der Waals surface area contributed by atoms with Crippen LogP contribution in [0.2, 0.25) is 0 Å². The van der Waals surface area contributed by atoms with Gasteiger partial charge in [-0.2, -0.15) is 0 Å². The van der Waals surface area contributed by atoms with Gasteiger partial charge in [-0.25, -0.2) is 0 Å². The van der Waals surface area contributed by atoms with Crippen molar-refractivity contribution in [3.63, 3.8) is 0 Å². The molecule has 0 radical (unpaired) electrons. The van der Waals surface area contributed by atoms with Gasteiger partial charge in [0.25, 0.3) is 0 Å². The van der Waals surface area contributed by atoms with Crippen LogP contribution in [0.25, 0.3) is 11.1 Å². The quantitative estimate of drug-likeness (QED) is 0.645. The molecule has 0 fully saturated rings. The van der Waals surface area contributed by atoms with Crippen LogP contribution in [0.4, 0.5) is 5.69 Å². The number of hydrogen-bond acceptors (Lipinski definition) is 1. The lowest BCUT2D eigenvalue weighted by molar-refractivity contribution is 0.590. The summed E-state index contributed by atoms with van der Waals surface area (Å²) in [6, 6.07) is 13.4. The first-order chi connectivity index (χ1) is 10.6. The molecule has 0 atom stereocenters. The van der Waals surface area contributed by atoms with E-state index < -0.39 is 0 Å². The van der Waals surface area contributed by atoms with E-state index in [-0.39, 0.29) is 5.41 Å². The predicted molar refractivity (Wildman–Crippen MR) is 103 cm³/mol. The second kappa shape index (κ2) is 6.39. The molecule has 124 valence electrons. The fraction of sp³-hybridized carbons (Fsp3) is 0.455. The molecule has 0 saturated carbocycles. The summed E-state index contributed by atoms with van der Waals surface area (Å²) in [5, 5.41) is 0. The topological polar surface area (TPSA) is 26.0 Å². The van der Waals surface area contributed by atoms with E-state index in [2.05, 4.69) is 84.9 Å². The van der Waals surface area contributed by atoms with E-state index in [1.807, 2.05) is 0 Å². The average Bonchev–Trinajstić information content (AvgIpc) is 2.46. The van der Waals surface area contributed by atoms with Gasteiger partial charge in [-0.05, 0) is 45.6 Å². The highest BCUT2D eigenvalue weighted by Gasteiger charge is 2.16. The van der Waals surface area contributed by atoms with E-state index in [4.69, 9.17) is 5.73 Å². The molecule has 1 nitrogen and oxygen atoms in total. The van der Waals surface area contributed by atoms with Crippen molar-refractivity contribution in [3.8, 4) is 11.1 Å². The highest BCUT2D eigenvalue weighted by atomic mass is 14.6. The standard InChI is InChI=1S/C22H31N/c1-14(2)17-12-19(15(3)4)21(23)20(13-17)16-8-10-18(11-9-16)22(5,6)7/h8-15H,23H2,1-7H3. The first-order valence-electron chi connectivity index (χ1n) is 8.65. The van der Waals surface area contributed by atoms with E-state index in [1.165, 1.54) is 27.8 Å². The fourth-order valence-electron chi connectivity index (χ4n) is 2.90. The molecule has 23 heavy (non-hydrogen) atoms. The Hall–Kier alpha value is -1.76. The number of benzene rings is 2. The number of rotatable bonds is 3. The average molecular weight is 309 g/mol. The molecule has 0 amide bonds. The molecule has 0 aliphatic rings. The maximum Gasteiger partial charge on any atom is 0.0429 e. The van der Waals surface area contributed by atoms with Gasteiger partial charge in [-0.3, -0.25) is 0 Å². The van der Waals surface area contributed by atoms with E-state index in [1.54, 1.807) is 0 Å². The Morgan fingerprint density at radius 2 is 1.39 bits per heavy atom. The summed E-state index contributed by atoms with van der Waals surface area (Å²) >= 11 is 0. The van der Waals surface area contributed by atoms with Gasteiger partial charge in [0.15, 0.2) is 0 Å². The van der Waals surface area contributed by atoms with Crippen LogP contribution in [0.1, 0.15) is 77.0 Å². The van der Waals surface area contributed by atoms with E-state index in [0.29, 0.717) is 11.8 Å². The summed E-state index contributed by atoms with van der Waals surface area (Å²) in [4.78, 5) is 0. The fourth-order valence-corrected chi connectivity index (χ4v) is 2.90. The Balaban J connectivity index is 2.58. The minimum atomic E-state index is 0.174. The summed E-state index contributed by atoms with van der Waals surface area (Å²) in [6.45, 7) is 15.6. The number of nitrogens with two attached hydrogens (primary N) is 1. The van der Waals surface area contributed by atoms with Crippen molar-refractivity contribution in [2.75, 3.05) is 5.73 Å². The number of anilines is 1. The van der Waals surface area contributed by atoms with Gasteiger partial charge in [0.2, 0.25) is 0 Å². The SMILES string of the molecule is CC(C)c1cc(-c2ccc(C(C)(C)C)cc2)c(N)c(C(C)C)c1. The summed E-state index contributed by atoms with van der Waals surface area (Å²) < 4.78 is 0. The highest BCUT2D eigenvalue weighted by Crippen LogP contribution is 2.36. The molecular weight excluding hydrogens is 278 g/mol. The molecule has 0 aliphatic carbocycles. The molecule has 2 aromatic rings. The zero-order valence-corrected chi connectivity index (χ0v) is 15.7. The van der Waals surface area contributed by atoms with Crippen LogP contribution in [-0.2, 0) is 5.41 Å². The predicted octanol–water partition coefficient (Wildman–Crippen LogP) is 6.48. The van der Waals surface area contributed by atoms with Crippen molar-refractivity contribution in [3.05, 3.63) is 53.1 Å². The van der Waals surface area contributed by atoms with Crippen LogP contribution in [0.5, 0.6) is 0 Å². The van der Waals surface area contributed by atoms with Crippen LogP contribution < -0.4 is 5.73 Å². The van der Waals surface area contributed by atoms with Gasteiger partial charge in [0.1, 0.15) is 0 Å². The van der Waals surface area contributed by atoms with Crippen LogP contribution in [-0.4, -0.2) is 0 Å². The van der Waals surface area contributed by atoms with Crippen LogP contribution in [0.3, 0.4) is 0 Å². The molecule has 2 N–H and O–H groups in total. The molecule has 0 aromatic heterocycles. The molecule has 1 heteroatoms. The van der Waals surface area contributed by atoms with Gasteiger partial charge in [-0.15, -0.1) is 0 Å². The Labute approximate surface area is 141 Å². The van der Waals surface area contributed by atoms with E-state index in [0.717, 1.165) is 5.69 Å². The number of nitrogen functional groups attached to an aromatic ring is 1. The zero-order valence-electron chi connectivity index (χ0n) is 15.7. The monoisotopic (exact) mass is 309 g/mol. The Morgan fingerprint density at radius 3 is 1.83 bits per heavy atom. The Bertz CT molecular complexity index is 670. The maximum absolute atomic E-state index is 6.51. The third-order valence-corrected chi connectivity index (χ3v) is 4.58. The minimum Gasteiger partial charge on any atom is -0.398 e. The lowest BCUT2D eigenvalue weighted by Crippen LogP contribution is -2.10. The normalized spacial score (nSPS) is 12.2.